The zero-order chi connectivity index (χ0) is 10.7. The van der Waals surface area contributed by atoms with Crippen molar-refractivity contribution < 1.29 is 0 Å². The van der Waals surface area contributed by atoms with Gasteiger partial charge in [-0.15, -0.1) is 0 Å². The second-order valence-electron chi connectivity index (χ2n) is 5.64. The minimum atomic E-state index is 0.503. The van der Waals surface area contributed by atoms with E-state index in [0.717, 1.165) is 5.92 Å². The SMILES string of the molecule is CCC1(CC2CCCN(C)C2)CCCN1. The van der Waals surface area contributed by atoms with E-state index in [9.17, 15) is 0 Å². The van der Waals surface area contributed by atoms with E-state index >= 15 is 0 Å². The molecule has 2 saturated heterocycles. The zero-order valence-electron chi connectivity index (χ0n) is 10.4. The molecule has 0 radical (unpaired) electrons. The fourth-order valence-electron chi connectivity index (χ4n) is 3.48. The van der Waals surface area contributed by atoms with Crippen molar-refractivity contribution in [2.24, 2.45) is 5.92 Å². The molecular formula is C13H26N2. The largest absolute Gasteiger partial charge is 0.311 e. The third-order valence-electron chi connectivity index (χ3n) is 4.41. The van der Waals surface area contributed by atoms with E-state index in [1.54, 1.807) is 0 Å². The van der Waals surface area contributed by atoms with E-state index in [-0.39, 0.29) is 0 Å². The average molecular weight is 210 g/mol. The van der Waals surface area contributed by atoms with E-state index in [4.69, 9.17) is 0 Å². The quantitative estimate of drug-likeness (QED) is 0.768. The first-order valence-electron chi connectivity index (χ1n) is 6.68. The molecular weight excluding hydrogens is 184 g/mol. The van der Waals surface area contributed by atoms with E-state index in [0.29, 0.717) is 5.54 Å². The van der Waals surface area contributed by atoms with Gasteiger partial charge in [-0.2, -0.15) is 0 Å². The van der Waals surface area contributed by atoms with Crippen molar-refractivity contribution in [3.63, 3.8) is 0 Å². The van der Waals surface area contributed by atoms with Gasteiger partial charge in [-0.3, -0.25) is 0 Å². The molecule has 0 saturated carbocycles. The molecule has 0 aromatic carbocycles. The van der Waals surface area contributed by atoms with Crippen LogP contribution >= 0.6 is 0 Å². The molecule has 2 aliphatic heterocycles. The van der Waals surface area contributed by atoms with Crippen molar-refractivity contribution >= 4 is 0 Å². The number of nitrogens with one attached hydrogen (secondary N) is 1. The maximum atomic E-state index is 3.76. The summed E-state index contributed by atoms with van der Waals surface area (Å²) in [6.07, 6.45) is 8.37. The summed E-state index contributed by atoms with van der Waals surface area (Å²) in [5, 5.41) is 3.76. The topological polar surface area (TPSA) is 15.3 Å². The van der Waals surface area contributed by atoms with Crippen LogP contribution in [-0.4, -0.2) is 37.1 Å². The van der Waals surface area contributed by atoms with Gasteiger partial charge >= 0.3 is 0 Å². The Hall–Kier alpha value is -0.0800. The highest BCUT2D eigenvalue weighted by Gasteiger charge is 2.34. The van der Waals surface area contributed by atoms with Crippen molar-refractivity contribution in [3.8, 4) is 0 Å². The molecule has 88 valence electrons. The molecule has 2 fully saturated rings. The third-order valence-corrected chi connectivity index (χ3v) is 4.41. The summed E-state index contributed by atoms with van der Waals surface area (Å²) in [6, 6.07) is 0. The Balaban J connectivity index is 1.88. The second kappa shape index (κ2) is 4.84. The summed E-state index contributed by atoms with van der Waals surface area (Å²) in [4.78, 5) is 2.51. The summed E-state index contributed by atoms with van der Waals surface area (Å²) >= 11 is 0. The molecule has 2 aliphatic rings. The number of hydrogen-bond donors (Lipinski definition) is 1. The van der Waals surface area contributed by atoms with Gasteiger partial charge in [0.05, 0.1) is 0 Å². The smallest absolute Gasteiger partial charge is 0.0182 e. The molecule has 0 aromatic heterocycles. The van der Waals surface area contributed by atoms with Gasteiger partial charge in [0.25, 0.3) is 0 Å². The van der Waals surface area contributed by atoms with Crippen LogP contribution in [0.25, 0.3) is 0 Å². The Morgan fingerprint density at radius 3 is 2.87 bits per heavy atom. The molecule has 15 heavy (non-hydrogen) atoms. The predicted octanol–water partition coefficient (Wildman–Crippen LogP) is 2.25. The number of hydrogen-bond acceptors (Lipinski definition) is 2. The van der Waals surface area contributed by atoms with E-state index in [2.05, 4.69) is 24.2 Å². The van der Waals surface area contributed by atoms with Crippen LogP contribution in [0.3, 0.4) is 0 Å². The third kappa shape index (κ3) is 2.73. The van der Waals surface area contributed by atoms with Gasteiger partial charge < -0.3 is 10.2 Å². The molecule has 1 N–H and O–H groups in total. The van der Waals surface area contributed by atoms with Gasteiger partial charge in [-0.05, 0) is 64.6 Å². The van der Waals surface area contributed by atoms with Gasteiger partial charge in [0.1, 0.15) is 0 Å². The number of nitrogens with zero attached hydrogens (tertiary/aromatic N) is 1. The zero-order valence-corrected chi connectivity index (χ0v) is 10.4. The fourth-order valence-corrected chi connectivity index (χ4v) is 3.48. The summed E-state index contributed by atoms with van der Waals surface area (Å²) in [7, 11) is 2.27. The lowest BCUT2D eigenvalue weighted by Gasteiger charge is -2.37. The molecule has 0 amide bonds. The molecule has 2 heteroatoms. The van der Waals surface area contributed by atoms with Gasteiger partial charge in [0, 0.05) is 12.1 Å². The fraction of sp³-hybridized carbons (Fsp3) is 1.00. The Morgan fingerprint density at radius 1 is 1.40 bits per heavy atom. The molecule has 2 rings (SSSR count). The highest BCUT2D eigenvalue weighted by Crippen LogP contribution is 2.33. The number of likely N-dealkylation sites (tertiary alicyclic amines) is 1. The summed E-state index contributed by atoms with van der Waals surface area (Å²) in [5.74, 6) is 0.939. The first-order chi connectivity index (χ1) is 7.24. The molecule has 2 heterocycles. The highest BCUT2D eigenvalue weighted by atomic mass is 15.1. The first kappa shape index (κ1) is 11.4. The minimum absolute atomic E-state index is 0.503. The van der Waals surface area contributed by atoms with Crippen molar-refractivity contribution in [3.05, 3.63) is 0 Å². The van der Waals surface area contributed by atoms with Crippen LogP contribution in [0.2, 0.25) is 0 Å². The van der Waals surface area contributed by atoms with Gasteiger partial charge in [0.15, 0.2) is 0 Å². The normalized spacial score (nSPS) is 38.4. The Kier molecular flexibility index (Phi) is 3.68. The molecule has 0 aliphatic carbocycles. The van der Waals surface area contributed by atoms with E-state index in [1.165, 1.54) is 58.2 Å². The summed E-state index contributed by atoms with van der Waals surface area (Å²) in [6.45, 7) is 6.23. The van der Waals surface area contributed by atoms with Crippen LogP contribution in [-0.2, 0) is 0 Å². The molecule has 0 spiro atoms. The predicted molar refractivity (Wildman–Crippen MR) is 65.1 cm³/mol. The van der Waals surface area contributed by atoms with Gasteiger partial charge in [-0.25, -0.2) is 0 Å². The van der Waals surface area contributed by atoms with Crippen LogP contribution in [0.4, 0.5) is 0 Å². The monoisotopic (exact) mass is 210 g/mol. The summed E-state index contributed by atoms with van der Waals surface area (Å²) in [5.41, 5.74) is 0.503. The van der Waals surface area contributed by atoms with Gasteiger partial charge in [0.2, 0.25) is 0 Å². The second-order valence-corrected chi connectivity index (χ2v) is 5.64. The van der Waals surface area contributed by atoms with E-state index < -0.39 is 0 Å². The highest BCUT2D eigenvalue weighted by molar-refractivity contribution is 4.94. The van der Waals surface area contributed by atoms with Crippen LogP contribution in [0.1, 0.15) is 45.4 Å². The Labute approximate surface area is 94.4 Å². The lowest BCUT2D eigenvalue weighted by Crippen LogP contribution is -2.44. The number of rotatable bonds is 3. The van der Waals surface area contributed by atoms with Crippen molar-refractivity contribution in [1.29, 1.82) is 0 Å². The molecule has 2 unspecified atom stereocenters. The standard InChI is InChI=1S/C13H26N2/c1-3-13(7-5-8-14-13)10-12-6-4-9-15(2)11-12/h12,14H,3-11H2,1-2H3. The molecule has 0 aromatic rings. The van der Waals surface area contributed by atoms with Crippen LogP contribution in [0.5, 0.6) is 0 Å². The van der Waals surface area contributed by atoms with Crippen LogP contribution in [0.15, 0.2) is 0 Å². The van der Waals surface area contributed by atoms with Crippen molar-refractivity contribution in [2.45, 2.75) is 51.0 Å². The lowest BCUT2D eigenvalue weighted by molar-refractivity contribution is 0.164. The van der Waals surface area contributed by atoms with Crippen LogP contribution < -0.4 is 5.32 Å². The lowest BCUT2D eigenvalue weighted by atomic mass is 9.81. The van der Waals surface area contributed by atoms with Crippen molar-refractivity contribution in [2.75, 3.05) is 26.7 Å². The Bertz CT molecular complexity index is 197. The van der Waals surface area contributed by atoms with Gasteiger partial charge in [-0.1, -0.05) is 6.92 Å². The van der Waals surface area contributed by atoms with E-state index in [1.807, 2.05) is 0 Å². The summed E-state index contributed by atoms with van der Waals surface area (Å²) < 4.78 is 0. The number of piperidine rings is 1. The molecule has 2 atom stereocenters. The minimum Gasteiger partial charge on any atom is -0.311 e. The maximum Gasteiger partial charge on any atom is 0.0182 e. The molecule has 2 nitrogen and oxygen atoms in total. The maximum absolute atomic E-state index is 3.76. The average Bonchev–Trinajstić information content (AvgIpc) is 2.67. The molecule has 0 bridgehead atoms. The first-order valence-corrected chi connectivity index (χ1v) is 6.68. The van der Waals surface area contributed by atoms with Crippen molar-refractivity contribution in [1.82, 2.24) is 10.2 Å². The van der Waals surface area contributed by atoms with Crippen LogP contribution in [0, 0.1) is 5.92 Å². The Morgan fingerprint density at radius 2 is 2.27 bits per heavy atom.